The molecule has 34 heavy (non-hydrogen) atoms. The maximum Gasteiger partial charge on any atom is 0.290 e. The van der Waals surface area contributed by atoms with E-state index in [0.29, 0.717) is 35.9 Å². The molecule has 2 aromatic heterocycles. The molecule has 1 unspecified atom stereocenters. The van der Waals surface area contributed by atoms with Crippen LogP contribution in [0.4, 0.5) is 4.39 Å². The summed E-state index contributed by atoms with van der Waals surface area (Å²) in [7, 11) is -1.95. The molecule has 182 valence electrons. The summed E-state index contributed by atoms with van der Waals surface area (Å²) < 4.78 is 30.5. The van der Waals surface area contributed by atoms with Gasteiger partial charge in [-0.3, -0.25) is 4.79 Å². The van der Waals surface area contributed by atoms with Crippen LogP contribution in [0.2, 0.25) is 18.1 Å². The van der Waals surface area contributed by atoms with Crippen molar-refractivity contribution in [3.8, 4) is 11.3 Å². The van der Waals surface area contributed by atoms with Crippen LogP contribution >= 0.6 is 0 Å². The number of nitrogens with one attached hydrogen (secondary N) is 1. The van der Waals surface area contributed by atoms with Crippen molar-refractivity contribution in [2.75, 3.05) is 0 Å². The number of hydrogen-bond donors (Lipinski definition) is 1. The van der Waals surface area contributed by atoms with Gasteiger partial charge in [0.2, 0.25) is 17.5 Å². The van der Waals surface area contributed by atoms with Crippen molar-refractivity contribution < 1.29 is 22.6 Å². The summed E-state index contributed by atoms with van der Waals surface area (Å²) in [5, 5.41) is 15.4. The molecule has 1 N–H and O–H groups in total. The standard InChI is InChI=1S/C24H31FN4O4Si/c1-14(33-34(5,6)24(2,3)4)22-27-28-23(31-22)16-11-18(12-16)26-21(30)20-13-19(29-32-20)15-7-9-17(25)10-8-15/h7-10,13-14,16,18H,11-12H2,1-6H3,(H,26,30)/t14?,16-,18-. The smallest absolute Gasteiger partial charge is 0.290 e. The Labute approximate surface area is 199 Å². The van der Waals surface area contributed by atoms with Gasteiger partial charge < -0.3 is 18.7 Å². The van der Waals surface area contributed by atoms with E-state index in [1.54, 1.807) is 18.2 Å². The van der Waals surface area contributed by atoms with Crippen molar-refractivity contribution in [1.82, 2.24) is 20.7 Å². The fourth-order valence-electron chi connectivity index (χ4n) is 3.58. The minimum Gasteiger partial charge on any atom is -0.422 e. The van der Waals surface area contributed by atoms with Crippen LogP contribution in [0.1, 0.15) is 74.9 Å². The van der Waals surface area contributed by atoms with Gasteiger partial charge in [-0.1, -0.05) is 25.9 Å². The molecule has 1 saturated carbocycles. The normalized spacial score (nSPS) is 19.5. The Hall–Kier alpha value is -2.85. The summed E-state index contributed by atoms with van der Waals surface area (Å²) in [5.41, 5.74) is 1.15. The summed E-state index contributed by atoms with van der Waals surface area (Å²) in [6.07, 6.45) is 1.13. The van der Waals surface area contributed by atoms with Crippen LogP contribution in [0.5, 0.6) is 0 Å². The predicted octanol–water partition coefficient (Wildman–Crippen LogP) is 5.62. The molecule has 2 heterocycles. The average molecular weight is 487 g/mol. The van der Waals surface area contributed by atoms with Gasteiger partial charge in [0.15, 0.2) is 8.32 Å². The van der Waals surface area contributed by atoms with Crippen LogP contribution in [-0.2, 0) is 4.43 Å². The first kappa shape index (κ1) is 24.3. The first-order chi connectivity index (χ1) is 15.9. The Morgan fingerprint density at radius 3 is 2.53 bits per heavy atom. The van der Waals surface area contributed by atoms with E-state index in [2.05, 4.69) is 54.5 Å². The number of hydrogen-bond acceptors (Lipinski definition) is 7. The third-order valence-corrected chi connectivity index (χ3v) is 11.3. The minimum absolute atomic E-state index is 0.0203. The van der Waals surface area contributed by atoms with Crippen LogP contribution in [0.3, 0.4) is 0 Å². The van der Waals surface area contributed by atoms with E-state index < -0.39 is 8.32 Å². The lowest BCUT2D eigenvalue weighted by Gasteiger charge is -2.37. The van der Waals surface area contributed by atoms with Gasteiger partial charge >= 0.3 is 0 Å². The maximum absolute atomic E-state index is 13.1. The Kier molecular flexibility index (Phi) is 6.47. The zero-order chi connectivity index (χ0) is 24.7. The first-order valence-corrected chi connectivity index (χ1v) is 14.4. The van der Waals surface area contributed by atoms with Gasteiger partial charge in [0.05, 0.1) is 0 Å². The van der Waals surface area contributed by atoms with Crippen LogP contribution in [0.15, 0.2) is 39.3 Å². The number of aromatic nitrogens is 3. The predicted molar refractivity (Wildman–Crippen MR) is 126 cm³/mol. The van der Waals surface area contributed by atoms with Crippen molar-refractivity contribution in [2.45, 2.75) is 76.7 Å². The molecular weight excluding hydrogens is 455 g/mol. The molecule has 1 amide bonds. The second kappa shape index (κ2) is 9.07. The summed E-state index contributed by atoms with van der Waals surface area (Å²) >= 11 is 0. The molecule has 3 aromatic rings. The fraction of sp³-hybridized carbons (Fsp3) is 0.500. The molecule has 1 fully saturated rings. The highest BCUT2D eigenvalue weighted by Gasteiger charge is 2.40. The molecule has 0 saturated heterocycles. The van der Waals surface area contributed by atoms with Crippen LogP contribution in [0, 0.1) is 5.82 Å². The molecular formula is C24H31FN4O4Si. The first-order valence-electron chi connectivity index (χ1n) is 11.5. The SMILES string of the molecule is CC(O[Si](C)(C)C(C)(C)C)c1nnc([C@H]2C[C@H](NC(=O)c3cc(-c4ccc(F)cc4)no3)C2)o1. The van der Waals surface area contributed by atoms with Crippen molar-refractivity contribution in [2.24, 2.45) is 0 Å². The molecule has 0 bridgehead atoms. The number of halogens is 1. The Morgan fingerprint density at radius 1 is 1.21 bits per heavy atom. The highest BCUT2D eigenvalue weighted by atomic mass is 28.4. The van der Waals surface area contributed by atoms with Gasteiger partial charge in [-0.2, -0.15) is 0 Å². The van der Waals surface area contributed by atoms with E-state index in [4.69, 9.17) is 13.4 Å². The van der Waals surface area contributed by atoms with Crippen molar-refractivity contribution in [3.63, 3.8) is 0 Å². The lowest BCUT2D eigenvalue weighted by molar-refractivity contribution is 0.0864. The molecule has 1 atom stereocenters. The number of carbonyl (C=O) groups excluding carboxylic acids is 1. The van der Waals surface area contributed by atoms with E-state index >= 15 is 0 Å². The molecule has 1 aliphatic carbocycles. The van der Waals surface area contributed by atoms with E-state index in [-0.39, 0.29) is 40.6 Å². The van der Waals surface area contributed by atoms with Crippen molar-refractivity contribution in [3.05, 3.63) is 53.7 Å². The second-order valence-corrected chi connectivity index (χ2v) is 15.2. The van der Waals surface area contributed by atoms with Gasteiger partial charge in [0.25, 0.3) is 5.91 Å². The Morgan fingerprint density at radius 2 is 1.88 bits per heavy atom. The molecule has 0 spiro atoms. The summed E-state index contributed by atoms with van der Waals surface area (Å²) in [4.78, 5) is 12.5. The lowest BCUT2D eigenvalue weighted by atomic mass is 9.80. The molecule has 1 aromatic carbocycles. The number of rotatable bonds is 7. The van der Waals surface area contributed by atoms with E-state index in [1.807, 2.05) is 6.92 Å². The summed E-state index contributed by atoms with van der Waals surface area (Å²) in [5.74, 6) is 0.588. The third kappa shape index (κ3) is 5.12. The highest BCUT2D eigenvalue weighted by Crippen LogP contribution is 2.40. The van der Waals surface area contributed by atoms with Gasteiger partial charge in [-0.25, -0.2) is 4.39 Å². The topological polar surface area (TPSA) is 103 Å². The number of amides is 1. The maximum atomic E-state index is 13.1. The molecule has 8 nitrogen and oxygen atoms in total. The zero-order valence-electron chi connectivity index (χ0n) is 20.4. The second-order valence-electron chi connectivity index (χ2n) is 10.4. The monoisotopic (exact) mass is 486 g/mol. The number of benzene rings is 1. The number of carbonyl (C=O) groups is 1. The summed E-state index contributed by atoms with van der Waals surface area (Å²) in [6, 6.07) is 7.37. The van der Waals surface area contributed by atoms with Crippen molar-refractivity contribution in [1.29, 1.82) is 0 Å². The molecule has 0 radical (unpaired) electrons. The van der Waals surface area contributed by atoms with Crippen LogP contribution in [-0.4, -0.2) is 35.6 Å². The van der Waals surface area contributed by atoms with Gasteiger partial charge in [-0.15, -0.1) is 10.2 Å². The van der Waals surface area contributed by atoms with Gasteiger partial charge in [0, 0.05) is 23.6 Å². The molecule has 1 aliphatic rings. The van der Waals surface area contributed by atoms with Gasteiger partial charge in [0.1, 0.15) is 17.6 Å². The molecule has 0 aliphatic heterocycles. The minimum atomic E-state index is -1.95. The summed E-state index contributed by atoms with van der Waals surface area (Å²) in [6.45, 7) is 12.9. The Balaban J connectivity index is 1.29. The third-order valence-electron chi connectivity index (χ3n) is 6.78. The largest absolute Gasteiger partial charge is 0.422 e. The van der Waals surface area contributed by atoms with E-state index in [9.17, 15) is 9.18 Å². The van der Waals surface area contributed by atoms with E-state index in [1.165, 1.54) is 12.1 Å². The lowest BCUT2D eigenvalue weighted by Crippen LogP contribution is -2.43. The Bertz CT molecular complexity index is 1150. The molecule has 4 rings (SSSR count). The highest BCUT2D eigenvalue weighted by molar-refractivity contribution is 6.74. The molecule has 10 heteroatoms. The van der Waals surface area contributed by atoms with E-state index in [0.717, 1.165) is 0 Å². The quantitative estimate of drug-likeness (QED) is 0.432. The van der Waals surface area contributed by atoms with Gasteiger partial charge in [-0.05, 0) is 62.2 Å². The van der Waals surface area contributed by atoms with Crippen molar-refractivity contribution >= 4 is 14.2 Å². The average Bonchev–Trinajstić information content (AvgIpc) is 3.40. The van der Waals surface area contributed by atoms with Crippen LogP contribution in [0.25, 0.3) is 11.3 Å². The zero-order valence-corrected chi connectivity index (χ0v) is 21.4. The number of nitrogens with zero attached hydrogens (tertiary/aromatic N) is 3. The fourth-order valence-corrected chi connectivity index (χ4v) is 4.92. The van der Waals surface area contributed by atoms with Crippen LogP contribution < -0.4 is 5.32 Å².